The first-order valence-electron chi connectivity index (χ1n) is 8.26. The zero-order chi connectivity index (χ0) is 19.1. The molecule has 0 saturated carbocycles. The summed E-state index contributed by atoms with van der Waals surface area (Å²) in [7, 11) is 1.58. The first kappa shape index (κ1) is 17.2. The third kappa shape index (κ3) is 3.06. The predicted molar refractivity (Wildman–Crippen MR) is 104 cm³/mol. The standard InChI is InChI=1S/C18H17N5O3S/c1-10-8-14-16(17(25)23-18(20-14)27-11(2)21-23)22(10)9-15(24)19-12-4-6-13(26-3)7-5-12/h4-8H,9H2,1-3H3,(H,19,24). The van der Waals surface area contributed by atoms with Crippen LogP contribution in [0, 0.1) is 13.8 Å². The van der Waals surface area contributed by atoms with Crippen molar-refractivity contribution < 1.29 is 9.53 Å². The van der Waals surface area contributed by atoms with Gasteiger partial charge in [0.2, 0.25) is 10.9 Å². The molecule has 0 aliphatic carbocycles. The molecular formula is C18H17N5O3S. The molecule has 4 rings (SSSR count). The summed E-state index contributed by atoms with van der Waals surface area (Å²) in [6.07, 6.45) is 0. The molecule has 0 fully saturated rings. The van der Waals surface area contributed by atoms with Gasteiger partial charge in [-0.05, 0) is 44.2 Å². The summed E-state index contributed by atoms with van der Waals surface area (Å²) >= 11 is 1.36. The molecule has 0 saturated heterocycles. The highest BCUT2D eigenvalue weighted by Crippen LogP contribution is 2.19. The number of nitrogens with one attached hydrogen (secondary N) is 1. The van der Waals surface area contributed by atoms with Crippen molar-refractivity contribution in [3.8, 4) is 5.75 Å². The molecule has 0 unspecified atom stereocenters. The number of rotatable bonds is 4. The van der Waals surface area contributed by atoms with Crippen LogP contribution >= 0.6 is 11.3 Å². The minimum Gasteiger partial charge on any atom is -0.497 e. The molecule has 8 nitrogen and oxygen atoms in total. The van der Waals surface area contributed by atoms with Crippen LogP contribution in [-0.2, 0) is 11.3 Å². The average molecular weight is 383 g/mol. The molecule has 0 aliphatic heterocycles. The van der Waals surface area contributed by atoms with Crippen molar-refractivity contribution in [3.05, 3.63) is 51.4 Å². The van der Waals surface area contributed by atoms with Crippen molar-refractivity contribution in [3.63, 3.8) is 0 Å². The van der Waals surface area contributed by atoms with Gasteiger partial charge in [0.15, 0.2) is 0 Å². The number of fused-ring (bicyclic) bond motifs is 2. The molecule has 4 aromatic rings. The molecule has 0 aliphatic rings. The van der Waals surface area contributed by atoms with Gasteiger partial charge < -0.3 is 14.6 Å². The minimum absolute atomic E-state index is 0.00741. The summed E-state index contributed by atoms with van der Waals surface area (Å²) in [5.41, 5.74) is 2.11. The molecule has 9 heteroatoms. The van der Waals surface area contributed by atoms with Crippen LogP contribution in [0.15, 0.2) is 35.1 Å². The van der Waals surface area contributed by atoms with Crippen LogP contribution in [0.25, 0.3) is 16.0 Å². The fourth-order valence-corrected chi connectivity index (χ4v) is 3.72. The molecule has 0 radical (unpaired) electrons. The van der Waals surface area contributed by atoms with E-state index in [2.05, 4.69) is 15.4 Å². The molecule has 1 aromatic carbocycles. The second-order valence-electron chi connectivity index (χ2n) is 6.11. The SMILES string of the molecule is COc1ccc(NC(=O)Cn2c(C)cc3nc4sc(C)nn4c(=O)c32)cc1. The van der Waals surface area contributed by atoms with Gasteiger partial charge in [-0.2, -0.15) is 9.61 Å². The highest BCUT2D eigenvalue weighted by atomic mass is 32.1. The maximum absolute atomic E-state index is 12.8. The number of aromatic nitrogens is 4. The number of hydrogen-bond donors (Lipinski definition) is 1. The van der Waals surface area contributed by atoms with Gasteiger partial charge in [0.05, 0.1) is 12.6 Å². The van der Waals surface area contributed by atoms with Crippen LogP contribution in [0.3, 0.4) is 0 Å². The summed E-state index contributed by atoms with van der Waals surface area (Å²) in [5.74, 6) is 0.474. The Labute approximate surface area is 158 Å². The third-order valence-corrected chi connectivity index (χ3v) is 5.06. The zero-order valence-corrected chi connectivity index (χ0v) is 15.8. The fourth-order valence-electron chi connectivity index (χ4n) is 2.98. The van der Waals surface area contributed by atoms with Crippen molar-refractivity contribution in [1.29, 1.82) is 0 Å². The maximum atomic E-state index is 12.8. The van der Waals surface area contributed by atoms with E-state index in [1.54, 1.807) is 35.9 Å². The Kier molecular flexibility index (Phi) is 4.15. The van der Waals surface area contributed by atoms with Gasteiger partial charge in [0.1, 0.15) is 22.8 Å². The molecule has 27 heavy (non-hydrogen) atoms. The van der Waals surface area contributed by atoms with Gasteiger partial charge in [0, 0.05) is 11.4 Å². The Bertz CT molecular complexity index is 1220. The van der Waals surface area contributed by atoms with Gasteiger partial charge in [0.25, 0.3) is 5.56 Å². The lowest BCUT2D eigenvalue weighted by atomic mass is 10.3. The summed E-state index contributed by atoms with van der Waals surface area (Å²) in [4.78, 5) is 30.4. The zero-order valence-electron chi connectivity index (χ0n) is 15.0. The van der Waals surface area contributed by atoms with Crippen LogP contribution in [0.2, 0.25) is 0 Å². The van der Waals surface area contributed by atoms with Crippen molar-refractivity contribution in [2.45, 2.75) is 20.4 Å². The van der Waals surface area contributed by atoms with Crippen molar-refractivity contribution in [2.24, 2.45) is 0 Å². The van der Waals surface area contributed by atoms with E-state index in [0.29, 0.717) is 27.4 Å². The van der Waals surface area contributed by atoms with E-state index in [-0.39, 0.29) is 18.0 Å². The number of amides is 1. The average Bonchev–Trinajstić information content (AvgIpc) is 3.15. The number of carbonyl (C=O) groups excluding carboxylic acids is 1. The fraction of sp³-hybridized carbons (Fsp3) is 0.222. The lowest BCUT2D eigenvalue weighted by Gasteiger charge is -2.09. The van der Waals surface area contributed by atoms with Gasteiger partial charge in [-0.3, -0.25) is 9.59 Å². The number of ether oxygens (including phenoxy) is 1. The Hall–Kier alpha value is -3.20. The lowest BCUT2D eigenvalue weighted by Crippen LogP contribution is -2.23. The Morgan fingerprint density at radius 2 is 2.00 bits per heavy atom. The largest absolute Gasteiger partial charge is 0.497 e. The van der Waals surface area contributed by atoms with Crippen LogP contribution in [0.5, 0.6) is 5.75 Å². The van der Waals surface area contributed by atoms with E-state index in [0.717, 1.165) is 10.7 Å². The van der Waals surface area contributed by atoms with Gasteiger partial charge >= 0.3 is 0 Å². The van der Waals surface area contributed by atoms with Crippen molar-refractivity contribution >= 4 is 38.9 Å². The number of anilines is 1. The first-order chi connectivity index (χ1) is 13.0. The molecule has 0 bridgehead atoms. The normalized spacial score (nSPS) is 11.2. The van der Waals surface area contributed by atoms with Gasteiger partial charge in [-0.25, -0.2) is 4.98 Å². The molecule has 0 spiro atoms. The maximum Gasteiger partial charge on any atom is 0.299 e. The predicted octanol–water partition coefficient (Wildman–Crippen LogP) is 2.37. The van der Waals surface area contributed by atoms with Crippen LogP contribution < -0.4 is 15.6 Å². The molecule has 3 aromatic heterocycles. The van der Waals surface area contributed by atoms with E-state index < -0.39 is 0 Å². The number of hydrogen-bond acceptors (Lipinski definition) is 6. The van der Waals surface area contributed by atoms with Gasteiger partial charge in [-0.1, -0.05) is 11.3 Å². The van der Waals surface area contributed by atoms with E-state index in [1.165, 1.54) is 15.9 Å². The molecular weight excluding hydrogens is 366 g/mol. The summed E-state index contributed by atoms with van der Waals surface area (Å²) in [5, 5.41) is 7.79. The Morgan fingerprint density at radius 3 is 2.70 bits per heavy atom. The highest BCUT2D eigenvalue weighted by Gasteiger charge is 2.17. The lowest BCUT2D eigenvalue weighted by molar-refractivity contribution is -0.116. The number of nitrogens with zero attached hydrogens (tertiary/aromatic N) is 4. The Morgan fingerprint density at radius 1 is 1.26 bits per heavy atom. The van der Waals surface area contributed by atoms with Crippen LogP contribution in [0.1, 0.15) is 10.7 Å². The number of carbonyl (C=O) groups is 1. The summed E-state index contributed by atoms with van der Waals surface area (Å²) in [6, 6.07) is 8.87. The Balaban J connectivity index is 1.68. The number of aryl methyl sites for hydroxylation is 2. The molecule has 138 valence electrons. The minimum atomic E-state index is -0.273. The van der Waals surface area contributed by atoms with E-state index in [1.807, 2.05) is 19.9 Å². The molecule has 0 atom stereocenters. The summed E-state index contributed by atoms with van der Waals surface area (Å²) < 4.78 is 8.07. The smallest absolute Gasteiger partial charge is 0.299 e. The van der Waals surface area contributed by atoms with E-state index in [4.69, 9.17) is 4.74 Å². The number of methoxy groups -OCH3 is 1. The van der Waals surface area contributed by atoms with Crippen LogP contribution in [0.4, 0.5) is 5.69 Å². The topological polar surface area (TPSA) is 90.5 Å². The van der Waals surface area contributed by atoms with Gasteiger partial charge in [-0.15, -0.1) is 0 Å². The second kappa shape index (κ2) is 6.51. The molecule has 1 amide bonds. The van der Waals surface area contributed by atoms with Crippen LogP contribution in [-0.4, -0.2) is 32.2 Å². The summed E-state index contributed by atoms with van der Waals surface area (Å²) in [6.45, 7) is 3.68. The third-order valence-electron chi connectivity index (χ3n) is 4.23. The second-order valence-corrected chi connectivity index (χ2v) is 7.27. The van der Waals surface area contributed by atoms with E-state index >= 15 is 0 Å². The number of benzene rings is 1. The monoisotopic (exact) mass is 383 g/mol. The van der Waals surface area contributed by atoms with Crippen molar-refractivity contribution in [1.82, 2.24) is 19.2 Å². The first-order valence-corrected chi connectivity index (χ1v) is 9.08. The molecule has 1 N–H and O–H groups in total. The van der Waals surface area contributed by atoms with E-state index in [9.17, 15) is 9.59 Å². The molecule has 3 heterocycles. The van der Waals surface area contributed by atoms with Crippen molar-refractivity contribution in [2.75, 3.05) is 12.4 Å². The quantitative estimate of drug-likeness (QED) is 0.584. The highest BCUT2D eigenvalue weighted by molar-refractivity contribution is 7.16.